The Morgan fingerprint density at radius 3 is 2.94 bits per heavy atom. The lowest BCUT2D eigenvalue weighted by Gasteiger charge is -2.20. The fourth-order valence-electron chi connectivity index (χ4n) is 2.02. The summed E-state index contributed by atoms with van der Waals surface area (Å²) in [5.41, 5.74) is 0.955. The first-order chi connectivity index (χ1) is 8.65. The molecule has 98 valence electrons. The number of ether oxygens (including phenoxy) is 2. The number of hydrogen-bond acceptors (Lipinski definition) is 4. The first-order valence-corrected chi connectivity index (χ1v) is 5.74. The quantitative estimate of drug-likeness (QED) is 0.708. The van der Waals surface area contributed by atoms with Crippen LogP contribution in [0.15, 0.2) is 35.8 Å². The van der Waals surface area contributed by atoms with Crippen LogP contribution in [-0.2, 0) is 19.1 Å². The van der Waals surface area contributed by atoms with Crippen LogP contribution in [0.2, 0.25) is 0 Å². The van der Waals surface area contributed by atoms with E-state index in [1.54, 1.807) is 20.4 Å². The Hall–Kier alpha value is -1.75. The van der Waals surface area contributed by atoms with Crippen molar-refractivity contribution in [3.05, 3.63) is 35.8 Å². The molecule has 0 aromatic carbocycles. The molecule has 0 saturated carbocycles. The molecule has 2 unspecified atom stereocenters. The van der Waals surface area contributed by atoms with Gasteiger partial charge in [0, 0.05) is 13.0 Å². The average Bonchev–Trinajstić information content (AvgIpc) is 2.80. The monoisotopic (exact) mass is 251 g/mol. The molecular weight excluding hydrogens is 234 g/mol. The zero-order valence-corrected chi connectivity index (χ0v) is 10.8. The zero-order chi connectivity index (χ0) is 13.1. The van der Waals surface area contributed by atoms with Crippen molar-refractivity contribution in [2.24, 2.45) is 5.92 Å². The number of allylic oxidation sites excluding steroid dienone is 1. The summed E-state index contributed by atoms with van der Waals surface area (Å²) in [6.45, 7) is 0. The van der Waals surface area contributed by atoms with E-state index in [4.69, 9.17) is 14.3 Å². The van der Waals surface area contributed by atoms with Gasteiger partial charge in [0.1, 0.15) is 11.9 Å². The van der Waals surface area contributed by atoms with Crippen LogP contribution in [0.3, 0.4) is 0 Å². The summed E-state index contributed by atoms with van der Waals surface area (Å²) in [4.78, 5) is 16.6. The molecule has 2 rings (SSSR count). The maximum atomic E-state index is 11.8. The van der Waals surface area contributed by atoms with Crippen molar-refractivity contribution in [3.8, 4) is 0 Å². The van der Waals surface area contributed by atoms with E-state index in [1.165, 1.54) is 12.2 Å². The maximum Gasteiger partial charge on any atom is 0.250 e. The Morgan fingerprint density at radius 1 is 1.50 bits per heavy atom. The highest BCUT2D eigenvalue weighted by Crippen LogP contribution is 2.34. The van der Waals surface area contributed by atoms with Crippen LogP contribution in [0.4, 0.5) is 0 Å². The van der Waals surface area contributed by atoms with Gasteiger partial charge in [-0.3, -0.25) is 9.63 Å². The van der Waals surface area contributed by atoms with E-state index in [0.29, 0.717) is 6.42 Å². The Morgan fingerprint density at radius 2 is 2.28 bits per heavy atom. The number of amides is 1. The molecule has 5 nitrogen and oxygen atoms in total. The third-order valence-electron chi connectivity index (χ3n) is 3.17. The van der Waals surface area contributed by atoms with Gasteiger partial charge in [-0.15, -0.1) is 0 Å². The van der Waals surface area contributed by atoms with Gasteiger partial charge in [-0.05, 0) is 17.7 Å². The minimum Gasteiger partial charge on any atom is -0.497 e. The minimum atomic E-state index is -0.0945. The lowest BCUT2D eigenvalue weighted by Crippen LogP contribution is -2.27. The Labute approximate surface area is 106 Å². The van der Waals surface area contributed by atoms with Gasteiger partial charge in [0.25, 0.3) is 0 Å². The van der Waals surface area contributed by atoms with Crippen molar-refractivity contribution >= 4 is 5.91 Å². The molecule has 0 radical (unpaired) electrons. The molecule has 0 aromatic rings. The average molecular weight is 251 g/mol. The van der Waals surface area contributed by atoms with Gasteiger partial charge in [0.15, 0.2) is 0 Å². The standard InChI is InChI=1S/C13H17NO4/c1-14(17-3)13(15)6-9-8-18-12-7-10(16-2)4-5-11(9)12/h4-5,7-8,11-12H,6H2,1-3H3. The maximum absolute atomic E-state index is 11.8. The number of carbonyl (C=O) groups excluding carboxylic acids is 1. The third kappa shape index (κ3) is 2.41. The van der Waals surface area contributed by atoms with Crippen molar-refractivity contribution in [2.75, 3.05) is 21.3 Å². The highest BCUT2D eigenvalue weighted by molar-refractivity contribution is 5.77. The predicted octanol–water partition coefficient (Wildman–Crippen LogP) is 1.40. The third-order valence-corrected chi connectivity index (χ3v) is 3.17. The summed E-state index contributed by atoms with van der Waals surface area (Å²) in [5, 5.41) is 1.22. The van der Waals surface area contributed by atoms with Crippen LogP contribution in [0, 0.1) is 5.92 Å². The van der Waals surface area contributed by atoms with E-state index < -0.39 is 0 Å². The minimum absolute atomic E-state index is 0.0689. The number of hydrogen-bond donors (Lipinski definition) is 0. The van der Waals surface area contributed by atoms with E-state index in [9.17, 15) is 4.79 Å². The van der Waals surface area contributed by atoms with Gasteiger partial charge in [-0.25, -0.2) is 5.06 Å². The molecule has 1 aliphatic heterocycles. The molecule has 0 aromatic heterocycles. The molecule has 5 heteroatoms. The molecular formula is C13H17NO4. The van der Waals surface area contributed by atoms with Gasteiger partial charge in [-0.2, -0.15) is 0 Å². The zero-order valence-electron chi connectivity index (χ0n) is 10.8. The number of methoxy groups -OCH3 is 1. The van der Waals surface area contributed by atoms with E-state index in [1.807, 2.05) is 18.2 Å². The number of rotatable bonds is 4. The van der Waals surface area contributed by atoms with Gasteiger partial charge >= 0.3 is 0 Å². The van der Waals surface area contributed by atoms with Gasteiger partial charge in [0.2, 0.25) is 5.91 Å². The van der Waals surface area contributed by atoms with E-state index in [-0.39, 0.29) is 17.9 Å². The summed E-state index contributed by atoms with van der Waals surface area (Å²) in [7, 11) is 4.68. The lowest BCUT2D eigenvalue weighted by atomic mass is 9.90. The number of nitrogens with zero attached hydrogens (tertiary/aromatic N) is 1. The SMILES string of the molecule is COC1=CC2OC=C(CC(=O)N(C)OC)C2C=C1. The molecule has 1 aliphatic carbocycles. The molecule has 18 heavy (non-hydrogen) atoms. The molecule has 1 amide bonds. The van der Waals surface area contributed by atoms with Crippen molar-refractivity contribution in [1.29, 1.82) is 0 Å². The molecule has 2 atom stereocenters. The number of fused-ring (bicyclic) bond motifs is 1. The molecule has 0 N–H and O–H groups in total. The molecule has 1 heterocycles. The van der Waals surface area contributed by atoms with Crippen LogP contribution in [0.25, 0.3) is 0 Å². The largest absolute Gasteiger partial charge is 0.497 e. The van der Waals surface area contributed by atoms with Crippen LogP contribution in [0.1, 0.15) is 6.42 Å². The summed E-state index contributed by atoms with van der Waals surface area (Å²) in [6.07, 6.45) is 7.71. The van der Waals surface area contributed by atoms with Crippen molar-refractivity contribution < 1.29 is 19.1 Å². The highest BCUT2D eigenvalue weighted by Gasteiger charge is 2.32. The second-order valence-corrected chi connectivity index (χ2v) is 4.20. The number of carbonyl (C=O) groups is 1. The Balaban J connectivity index is 2.00. The van der Waals surface area contributed by atoms with Crippen LogP contribution < -0.4 is 0 Å². The summed E-state index contributed by atoms with van der Waals surface area (Å²) >= 11 is 0. The summed E-state index contributed by atoms with van der Waals surface area (Å²) in [5.74, 6) is 0.798. The molecule has 2 aliphatic rings. The number of hydroxylamine groups is 2. The fourth-order valence-corrected chi connectivity index (χ4v) is 2.02. The Kier molecular flexibility index (Phi) is 3.72. The van der Waals surface area contributed by atoms with Gasteiger partial charge < -0.3 is 9.47 Å². The normalized spacial score (nSPS) is 24.8. The van der Waals surface area contributed by atoms with Gasteiger partial charge in [0.05, 0.1) is 26.9 Å². The van der Waals surface area contributed by atoms with Crippen LogP contribution >= 0.6 is 0 Å². The first-order valence-electron chi connectivity index (χ1n) is 5.74. The fraction of sp³-hybridized carbons (Fsp3) is 0.462. The first kappa shape index (κ1) is 12.7. The highest BCUT2D eigenvalue weighted by atomic mass is 16.7. The van der Waals surface area contributed by atoms with Crippen LogP contribution in [0.5, 0.6) is 0 Å². The second-order valence-electron chi connectivity index (χ2n) is 4.20. The van der Waals surface area contributed by atoms with Crippen molar-refractivity contribution in [3.63, 3.8) is 0 Å². The van der Waals surface area contributed by atoms with E-state index in [0.717, 1.165) is 11.3 Å². The van der Waals surface area contributed by atoms with E-state index in [2.05, 4.69) is 0 Å². The molecule has 0 spiro atoms. The summed E-state index contributed by atoms with van der Waals surface area (Å²) < 4.78 is 10.7. The predicted molar refractivity (Wildman–Crippen MR) is 65.1 cm³/mol. The second kappa shape index (κ2) is 5.27. The molecule has 0 saturated heterocycles. The van der Waals surface area contributed by atoms with Crippen molar-refractivity contribution in [2.45, 2.75) is 12.5 Å². The smallest absolute Gasteiger partial charge is 0.250 e. The summed E-state index contributed by atoms with van der Waals surface area (Å²) in [6, 6.07) is 0. The lowest BCUT2D eigenvalue weighted by molar-refractivity contribution is -0.167. The molecule has 0 bridgehead atoms. The van der Waals surface area contributed by atoms with Crippen LogP contribution in [-0.4, -0.2) is 38.3 Å². The molecule has 0 fully saturated rings. The van der Waals surface area contributed by atoms with Gasteiger partial charge in [-0.1, -0.05) is 6.08 Å². The Bertz CT molecular complexity index is 425. The topological polar surface area (TPSA) is 48.0 Å². The van der Waals surface area contributed by atoms with Crippen molar-refractivity contribution in [1.82, 2.24) is 5.06 Å². The van der Waals surface area contributed by atoms with E-state index >= 15 is 0 Å².